The van der Waals surface area contributed by atoms with Crippen molar-refractivity contribution in [1.82, 2.24) is 10.2 Å². The molecule has 1 fully saturated rings. The number of nitrogens with one attached hydrogen (secondary N) is 1. The van der Waals surface area contributed by atoms with Crippen molar-refractivity contribution in [3.8, 4) is 17.2 Å². The number of methoxy groups -OCH3 is 1. The average Bonchev–Trinajstić information content (AvgIpc) is 2.75. The van der Waals surface area contributed by atoms with E-state index < -0.39 is 6.61 Å². The summed E-state index contributed by atoms with van der Waals surface area (Å²) in [5.41, 5.74) is 1.39. The molecule has 1 aliphatic heterocycles. The number of phenols is 1. The monoisotopic (exact) mass is 548 g/mol. The average molecular weight is 548 g/mol. The molecule has 10 heteroatoms. The predicted octanol–water partition coefficient (Wildman–Crippen LogP) is 3.52. The molecule has 0 bridgehead atoms. The van der Waals surface area contributed by atoms with Gasteiger partial charge in [-0.25, -0.2) is 0 Å². The van der Waals surface area contributed by atoms with Gasteiger partial charge in [0.15, 0.2) is 5.96 Å². The molecular formula is C21H27F2IN4O3. The molecule has 1 saturated heterocycles. The first-order valence-corrected chi connectivity index (χ1v) is 9.62. The van der Waals surface area contributed by atoms with E-state index in [0.29, 0.717) is 30.4 Å². The van der Waals surface area contributed by atoms with E-state index in [0.717, 1.165) is 18.8 Å². The molecule has 0 aromatic heterocycles. The molecule has 1 heterocycles. The Balaban J connectivity index is 0.00000341. The fraction of sp³-hybridized carbons (Fsp3) is 0.381. The Morgan fingerprint density at radius 2 is 1.87 bits per heavy atom. The number of phenolic OH excluding ortho intramolecular Hbond substituents is 1. The van der Waals surface area contributed by atoms with Crippen LogP contribution in [0.3, 0.4) is 0 Å². The number of rotatable bonds is 6. The van der Waals surface area contributed by atoms with Gasteiger partial charge in [0.05, 0.1) is 12.8 Å². The summed E-state index contributed by atoms with van der Waals surface area (Å²) < 4.78 is 35.2. The van der Waals surface area contributed by atoms with Crippen LogP contribution in [0.5, 0.6) is 17.2 Å². The lowest BCUT2D eigenvalue weighted by molar-refractivity contribution is -0.0505. The molecule has 0 spiro atoms. The lowest BCUT2D eigenvalue weighted by Crippen LogP contribution is -2.52. The van der Waals surface area contributed by atoms with Gasteiger partial charge >= 0.3 is 6.61 Å². The third-order valence-electron chi connectivity index (χ3n) is 4.94. The van der Waals surface area contributed by atoms with E-state index in [-0.39, 0.29) is 42.0 Å². The number of piperazine rings is 1. The van der Waals surface area contributed by atoms with Crippen LogP contribution in [0.1, 0.15) is 5.56 Å². The summed E-state index contributed by atoms with van der Waals surface area (Å²) in [6.45, 7) is 0.214. The summed E-state index contributed by atoms with van der Waals surface area (Å²) in [7, 11) is 3.15. The number of nitrogens with zero attached hydrogens (tertiary/aromatic N) is 3. The number of guanidine groups is 1. The number of halogens is 3. The van der Waals surface area contributed by atoms with Gasteiger partial charge in [-0.15, -0.1) is 24.0 Å². The Morgan fingerprint density at radius 3 is 2.48 bits per heavy atom. The summed E-state index contributed by atoms with van der Waals surface area (Å²) in [6, 6.07) is 12.1. The molecule has 0 radical (unpaired) electrons. The largest absolute Gasteiger partial charge is 0.506 e. The second-order valence-corrected chi connectivity index (χ2v) is 6.72. The van der Waals surface area contributed by atoms with Gasteiger partial charge in [0.2, 0.25) is 0 Å². The van der Waals surface area contributed by atoms with Gasteiger partial charge in [0, 0.05) is 51.4 Å². The molecular weight excluding hydrogens is 521 g/mol. The predicted molar refractivity (Wildman–Crippen MR) is 127 cm³/mol. The second kappa shape index (κ2) is 11.8. The summed E-state index contributed by atoms with van der Waals surface area (Å²) >= 11 is 0. The summed E-state index contributed by atoms with van der Waals surface area (Å²) in [5.74, 6) is 1.45. The minimum atomic E-state index is -2.92. The van der Waals surface area contributed by atoms with E-state index in [1.54, 1.807) is 31.3 Å². The van der Waals surface area contributed by atoms with E-state index >= 15 is 0 Å². The highest BCUT2D eigenvalue weighted by atomic mass is 127. The van der Waals surface area contributed by atoms with E-state index in [4.69, 9.17) is 4.74 Å². The maximum atomic E-state index is 12.8. The van der Waals surface area contributed by atoms with E-state index in [1.165, 1.54) is 13.2 Å². The molecule has 0 atom stereocenters. The molecule has 0 saturated carbocycles. The number of aliphatic imine (C=N–C) groups is 1. The van der Waals surface area contributed by atoms with Gasteiger partial charge < -0.3 is 29.7 Å². The SMILES string of the molecule is CN=C(NCc1ccc(OC)cc1OC(F)F)N1CCN(c2ccccc2O)CC1.I. The zero-order valence-corrected chi connectivity index (χ0v) is 19.8. The first-order valence-electron chi connectivity index (χ1n) is 9.62. The number of para-hydroxylation sites is 2. The lowest BCUT2D eigenvalue weighted by atomic mass is 10.2. The molecule has 0 aliphatic carbocycles. The highest BCUT2D eigenvalue weighted by Gasteiger charge is 2.21. The van der Waals surface area contributed by atoms with Crippen LogP contribution >= 0.6 is 24.0 Å². The van der Waals surface area contributed by atoms with Crippen molar-refractivity contribution in [2.75, 3.05) is 45.2 Å². The van der Waals surface area contributed by atoms with Gasteiger partial charge in [-0.1, -0.05) is 12.1 Å². The van der Waals surface area contributed by atoms with Crippen LogP contribution in [0.15, 0.2) is 47.5 Å². The molecule has 2 N–H and O–H groups in total. The number of anilines is 1. The van der Waals surface area contributed by atoms with Gasteiger partial charge in [0.1, 0.15) is 17.2 Å². The van der Waals surface area contributed by atoms with Gasteiger partial charge in [-0.05, 0) is 24.3 Å². The van der Waals surface area contributed by atoms with Crippen molar-refractivity contribution in [1.29, 1.82) is 0 Å². The van der Waals surface area contributed by atoms with Crippen LogP contribution in [0.2, 0.25) is 0 Å². The summed E-state index contributed by atoms with van der Waals surface area (Å²) in [5, 5.41) is 13.3. The number of benzene rings is 2. The van der Waals surface area contributed by atoms with Crippen molar-refractivity contribution >= 4 is 35.6 Å². The van der Waals surface area contributed by atoms with Crippen LogP contribution in [0.4, 0.5) is 14.5 Å². The Hall–Kier alpha value is -2.50. The quantitative estimate of drug-likeness (QED) is 0.327. The zero-order valence-electron chi connectivity index (χ0n) is 17.4. The molecule has 170 valence electrons. The second-order valence-electron chi connectivity index (χ2n) is 6.72. The maximum absolute atomic E-state index is 12.8. The van der Waals surface area contributed by atoms with Crippen molar-refractivity contribution in [2.45, 2.75) is 13.2 Å². The molecule has 31 heavy (non-hydrogen) atoms. The normalized spacial score (nSPS) is 14.3. The van der Waals surface area contributed by atoms with Crippen LogP contribution in [0, 0.1) is 0 Å². The highest BCUT2D eigenvalue weighted by Crippen LogP contribution is 2.28. The van der Waals surface area contributed by atoms with E-state index in [2.05, 4.69) is 24.8 Å². The fourth-order valence-corrected chi connectivity index (χ4v) is 3.41. The summed E-state index contributed by atoms with van der Waals surface area (Å²) in [4.78, 5) is 8.53. The molecule has 7 nitrogen and oxygen atoms in total. The molecule has 2 aromatic rings. The fourth-order valence-electron chi connectivity index (χ4n) is 3.41. The Bertz CT molecular complexity index is 877. The number of alkyl halides is 2. The van der Waals surface area contributed by atoms with Crippen LogP contribution < -0.4 is 19.7 Å². The zero-order chi connectivity index (χ0) is 21.5. The maximum Gasteiger partial charge on any atom is 0.387 e. The van der Waals surface area contributed by atoms with Crippen molar-refractivity contribution in [3.63, 3.8) is 0 Å². The highest BCUT2D eigenvalue weighted by molar-refractivity contribution is 14.0. The minimum Gasteiger partial charge on any atom is -0.506 e. The van der Waals surface area contributed by atoms with Crippen LogP contribution in [0.25, 0.3) is 0 Å². The van der Waals surface area contributed by atoms with E-state index in [1.807, 2.05) is 12.1 Å². The molecule has 1 aliphatic rings. The topological polar surface area (TPSA) is 69.6 Å². The van der Waals surface area contributed by atoms with Crippen molar-refractivity contribution < 1.29 is 23.4 Å². The van der Waals surface area contributed by atoms with Crippen molar-refractivity contribution in [3.05, 3.63) is 48.0 Å². The smallest absolute Gasteiger partial charge is 0.387 e. The molecule has 2 aromatic carbocycles. The number of ether oxygens (including phenoxy) is 2. The van der Waals surface area contributed by atoms with Gasteiger partial charge in [-0.3, -0.25) is 4.99 Å². The van der Waals surface area contributed by atoms with E-state index in [9.17, 15) is 13.9 Å². The molecule has 3 rings (SSSR count). The third-order valence-corrected chi connectivity index (χ3v) is 4.94. The van der Waals surface area contributed by atoms with Crippen molar-refractivity contribution in [2.24, 2.45) is 4.99 Å². The Labute approximate surface area is 197 Å². The standard InChI is InChI=1S/C21H26F2N4O3.HI/c1-24-21(25-14-15-7-8-16(29-2)13-19(15)30-20(22)23)27-11-9-26(10-12-27)17-5-3-4-6-18(17)28;/h3-8,13,20,28H,9-12,14H2,1-2H3,(H,24,25);1H. The first kappa shape index (κ1) is 24.8. The Kier molecular flexibility index (Phi) is 9.41. The van der Waals surface area contributed by atoms with Gasteiger partial charge in [0.25, 0.3) is 0 Å². The lowest BCUT2D eigenvalue weighted by Gasteiger charge is -2.37. The number of aromatic hydroxyl groups is 1. The number of hydrogen-bond acceptors (Lipinski definition) is 5. The Morgan fingerprint density at radius 1 is 1.16 bits per heavy atom. The third kappa shape index (κ3) is 6.49. The van der Waals surface area contributed by atoms with Crippen LogP contribution in [-0.4, -0.2) is 62.9 Å². The van der Waals surface area contributed by atoms with Crippen LogP contribution in [-0.2, 0) is 6.54 Å². The van der Waals surface area contributed by atoms with Gasteiger partial charge in [-0.2, -0.15) is 8.78 Å². The molecule has 0 amide bonds. The summed E-state index contributed by atoms with van der Waals surface area (Å²) in [6.07, 6.45) is 0. The number of hydrogen-bond donors (Lipinski definition) is 2. The molecule has 0 unspecified atom stereocenters. The minimum absolute atomic E-state index is 0. The first-order chi connectivity index (χ1) is 14.5.